The predicted molar refractivity (Wildman–Crippen MR) is 119 cm³/mol. The Morgan fingerprint density at radius 3 is 2.23 bits per heavy atom. The lowest BCUT2D eigenvalue weighted by Gasteiger charge is -2.26. The van der Waals surface area contributed by atoms with Gasteiger partial charge in [0.15, 0.2) is 12.6 Å². The summed E-state index contributed by atoms with van der Waals surface area (Å²) in [5.41, 5.74) is 2.09. The van der Waals surface area contributed by atoms with Crippen LogP contribution in [-0.4, -0.2) is 41.9 Å². The number of hydrogen-bond acceptors (Lipinski definition) is 6. The molecule has 2 fully saturated rings. The maximum absolute atomic E-state index is 5.98. The molecule has 31 heavy (non-hydrogen) atoms. The van der Waals surface area contributed by atoms with E-state index in [9.17, 15) is 0 Å². The van der Waals surface area contributed by atoms with Gasteiger partial charge in [-0.05, 0) is 69.6 Å². The maximum Gasteiger partial charge on any atom is 0.199 e. The number of aryl methyl sites for hydroxylation is 1. The zero-order chi connectivity index (χ0) is 21.3. The van der Waals surface area contributed by atoms with E-state index in [1.54, 1.807) is 0 Å². The fourth-order valence-electron chi connectivity index (χ4n) is 4.01. The smallest absolute Gasteiger partial charge is 0.199 e. The normalized spacial score (nSPS) is 22.7. The molecule has 0 aliphatic carbocycles. The summed E-state index contributed by atoms with van der Waals surface area (Å²) < 4.78 is 23.2. The quantitative estimate of drug-likeness (QED) is 0.542. The molecule has 6 heteroatoms. The predicted octanol–water partition coefficient (Wildman–Crippen LogP) is 5.30. The van der Waals surface area contributed by atoms with Gasteiger partial charge in [0.05, 0.1) is 12.7 Å². The first-order chi connectivity index (χ1) is 15.3. The van der Waals surface area contributed by atoms with Gasteiger partial charge in [-0.25, -0.2) is 9.97 Å². The molecule has 0 radical (unpaired) electrons. The van der Waals surface area contributed by atoms with Crippen molar-refractivity contribution in [2.24, 2.45) is 0 Å². The minimum Gasteiger partial charge on any atom is -0.465 e. The SMILES string of the molecule is CC(CCCc1ncc(-c2ccc(OC3CCCCO3)cc2)cn1)OC1CCCCO1. The van der Waals surface area contributed by atoms with E-state index in [4.69, 9.17) is 18.9 Å². The van der Waals surface area contributed by atoms with Crippen LogP contribution < -0.4 is 4.74 Å². The third-order valence-electron chi connectivity index (χ3n) is 5.83. The molecule has 2 saturated heterocycles. The molecule has 0 N–H and O–H groups in total. The van der Waals surface area contributed by atoms with Crippen LogP contribution in [0.1, 0.15) is 64.1 Å². The van der Waals surface area contributed by atoms with E-state index in [1.807, 2.05) is 36.7 Å². The number of nitrogens with zero attached hydrogens (tertiary/aromatic N) is 2. The van der Waals surface area contributed by atoms with Gasteiger partial charge in [-0.15, -0.1) is 0 Å². The standard InChI is InChI=1S/C25H34N2O4/c1-19(30-24-9-2-4-15-28-24)7-6-8-23-26-17-21(18-27-23)20-11-13-22(14-12-20)31-25-10-3-5-16-29-25/h11-14,17-19,24-25H,2-10,15-16H2,1H3. The average molecular weight is 427 g/mol. The third kappa shape index (κ3) is 6.99. The summed E-state index contributed by atoms with van der Waals surface area (Å²) in [6.45, 7) is 3.73. The van der Waals surface area contributed by atoms with Crippen molar-refractivity contribution in [3.05, 3.63) is 42.5 Å². The van der Waals surface area contributed by atoms with Gasteiger partial charge in [0, 0.05) is 37.4 Å². The third-order valence-corrected chi connectivity index (χ3v) is 5.83. The highest BCUT2D eigenvalue weighted by Crippen LogP contribution is 2.24. The molecule has 3 unspecified atom stereocenters. The summed E-state index contributed by atoms with van der Waals surface area (Å²) in [5, 5.41) is 0. The van der Waals surface area contributed by atoms with Crippen molar-refractivity contribution in [3.63, 3.8) is 0 Å². The van der Waals surface area contributed by atoms with Crippen molar-refractivity contribution >= 4 is 0 Å². The van der Waals surface area contributed by atoms with E-state index in [0.717, 1.165) is 87.3 Å². The highest BCUT2D eigenvalue weighted by molar-refractivity contribution is 5.62. The van der Waals surface area contributed by atoms with Crippen LogP contribution in [0.3, 0.4) is 0 Å². The zero-order valence-corrected chi connectivity index (χ0v) is 18.5. The molecule has 0 amide bonds. The Balaban J connectivity index is 1.21. The second-order valence-corrected chi connectivity index (χ2v) is 8.46. The molecule has 0 saturated carbocycles. The first kappa shape index (κ1) is 22.2. The monoisotopic (exact) mass is 426 g/mol. The van der Waals surface area contributed by atoms with Crippen LogP contribution in [-0.2, 0) is 20.6 Å². The van der Waals surface area contributed by atoms with Crippen molar-refractivity contribution in [1.82, 2.24) is 9.97 Å². The number of ether oxygens (including phenoxy) is 4. The van der Waals surface area contributed by atoms with Crippen molar-refractivity contribution in [2.45, 2.75) is 83.4 Å². The average Bonchev–Trinajstić information content (AvgIpc) is 2.81. The van der Waals surface area contributed by atoms with Crippen molar-refractivity contribution in [1.29, 1.82) is 0 Å². The van der Waals surface area contributed by atoms with Crippen LogP contribution in [0.15, 0.2) is 36.7 Å². The summed E-state index contributed by atoms with van der Waals surface area (Å²) in [5.74, 6) is 1.71. The molecule has 2 aliphatic heterocycles. The van der Waals surface area contributed by atoms with Gasteiger partial charge < -0.3 is 18.9 Å². The molecule has 3 atom stereocenters. The Labute approximate surface area is 185 Å². The van der Waals surface area contributed by atoms with Crippen molar-refractivity contribution in [3.8, 4) is 16.9 Å². The van der Waals surface area contributed by atoms with Gasteiger partial charge in [0.1, 0.15) is 11.6 Å². The molecular formula is C25H34N2O4. The van der Waals surface area contributed by atoms with E-state index in [0.29, 0.717) is 0 Å². The molecular weight excluding hydrogens is 392 g/mol. The topological polar surface area (TPSA) is 62.7 Å². The summed E-state index contributed by atoms with van der Waals surface area (Å²) >= 11 is 0. The summed E-state index contributed by atoms with van der Waals surface area (Å²) in [4.78, 5) is 9.11. The molecule has 0 spiro atoms. The van der Waals surface area contributed by atoms with Gasteiger partial charge in [0.25, 0.3) is 0 Å². The Morgan fingerprint density at radius 1 is 0.903 bits per heavy atom. The fourth-order valence-corrected chi connectivity index (χ4v) is 4.01. The van der Waals surface area contributed by atoms with Crippen LogP contribution in [0.25, 0.3) is 11.1 Å². The molecule has 6 nitrogen and oxygen atoms in total. The lowest BCUT2D eigenvalue weighted by molar-refractivity contribution is -0.185. The highest BCUT2D eigenvalue weighted by Gasteiger charge is 2.17. The van der Waals surface area contributed by atoms with Crippen molar-refractivity contribution < 1.29 is 18.9 Å². The lowest BCUT2D eigenvalue weighted by Crippen LogP contribution is -2.26. The number of hydrogen-bond donors (Lipinski definition) is 0. The number of rotatable bonds is 9. The zero-order valence-electron chi connectivity index (χ0n) is 18.5. The number of benzene rings is 1. The Morgan fingerprint density at radius 2 is 1.58 bits per heavy atom. The Hall–Kier alpha value is -2.02. The van der Waals surface area contributed by atoms with E-state index in [2.05, 4.69) is 16.9 Å². The van der Waals surface area contributed by atoms with E-state index in [-0.39, 0.29) is 18.7 Å². The van der Waals surface area contributed by atoms with Crippen LogP contribution in [0, 0.1) is 0 Å². The lowest BCUT2D eigenvalue weighted by atomic mass is 10.1. The fraction of sp³-hybridized carbons (Fsp3) is 0.600. The van der Waals surface area contributed by atoms with Crippen LogP contribution >= 0.6 is 0 Å². The molecule has 2 aromatic rings. The van der Waals surface area contributed by atoms with Crippen LogP contribution in [0.2, 0.25) is 0 Å². The maximum atomic E-state index is 5.98. The Bertz CT molecular complexity index is 769. The summed E-state index contributed by atoms with van der Waals surface area (Å²) in [7, 11) is 0. The minimum absolute atomic E-state index is 0.0220. The van der Waals surface area contributed by atoms with Crippen LogP contribution in [0.4, 0.5) is 0 Å². The first-order valence-corrected chi connectivity index (χ1v) is 11.7. The number of aromatic nitrogens is 2. The summed E-state index contributed by atoms with van der Waals surface area (Å²) in [6, 6.07) is 8.06. The molecule has 168 valence electrons. The second-order valence-electron chi connectivity index (χ2n) is 8.46. The second kappa shape index (κ2) is 11.6. The minimum atomic E-state index is -0.120. The van der Waals surface area contributed by atoms with E-state index >= 15 is 0 Å². The van der Waals surface area contributed by atoms with E-state index < -0.39 is 0 Å². The van der Waals surface area contributed by atoms with Gasteiger partial charge in [0.2, 0.25) is 0 Å². The first-order valence-electron chi connectivity index (χ1n) is 11.7. The van der Waals surface area contributed by atoms with E-state index in [1.165, 1.54) is 6.42 Å². The molecule has 1 aromatic carbocycles. The van der Waals surface area contributed by atoms with Crippen molar-refractivity contribution in [2.75, 3.05) is 13.2 Å². The molecule has 2 aliphatic rings. The molecule has 1 aromatic heterocycles. The van der Waals surface area contributed by atoms with Gasteiger partial charge in [-0.2, -0.15) is 0 Å². The Kier molecular flexibility index (Phi) is 8.27. The van der Waals surface area contributed by atoms with Gasteiger partial charge >= 0.3 is 0 Å². The molecule has 4 rings (SSSR count). The van der Waals surface area contributed by atoms with Crippen LogP contribution in [0.5, 0.6) is 5.75 Å². The van der Waals surface area contributed by atoms with Gasteiger partial charge in [-0.1, -0.05) is 12.1 Å². The summed E-state index contributed by atoms with van der Waals surface area (Å²) in [6.07, 6.45) is 13.3. The largest absolute Gasteiger partial charge is 0.465 e. The van der Waals surface area contributed by atoms with Gasteiger partial charge in [-0.3, -0.25) is 0 Å². The molecule has 3 heterocycles. The molecule has 0 bridgehead atoms. The highest BCUT2D eigenvalue weighted by atomic mass is 16.7.